The Morgan fingerprint density at radius 1 is 1.06 bits per heavy atom. The van der Waals surface area contributed by atoms with Crippen LogP contribution in [0.3, 0.4) is 0 Å². The molecule has 0 aromatic heterocycles. The normalized spacial score (nSPS) is 14.8. The van der Waals surface area contributed by atoms with Crippen LogP contribution in [0.2, 0.25) is 0 Å². The second kappa shape index (κ2) is 16.2. The molecule has 0 bridgehead atoms. The molecule has 0 amide bonds. The number of ether oxygens (including phenoxy) is 2. The first-order valence-electron chi connectivity index (χ1n) is 10.7. The molecule has 0 radical (unpaired) electrons. The van der Waals surface area contributed by atoms with E-state index in [1.54, 1.807) is 26.5 Å². The van der Waals surface area contributed by atoms with Crippen LogP contribution < -0.4 is 5.73 Å². The number of rotatable bonds is 15. The molecule has 1 unspecified atom stereocenters. The molecule has 0 fully saturated rings. The summed E-state index contributed by atoms with van der Waals surface area (Å²) in [5.41, 5.74) is 10.6. The monoisotopic (exact) mass is 438 g/mol. The van der Waals surface area contributed by atoms with Gasteiger partial charge in [-0.3, -0.25) is 4.99 Å². The molecule has 0 spiro atoms. The van der Waals surface area contributed by atoms with Crippen LogP contribution in [-0.2, 0) is 9.47 Å². The first-order valence-corrected chi connectivity index (χ1v) is 10.7. The summed E-state index contributed by atoms with van der Waals surface area (Å²) >= 11 is 0. The van der Waals surface area contributed by atoms with Crippen molar-refractivity contribution in [3.8, 4) is 0 Å². The number of nitrogens with zero attached hydrogens (tertiary/aromatic N) is 1. The van der Waals surface area contributed by atoms with Crippen molar-refractivity contribution < 1.29 is 9.47 Å². The van der Waals surface area contributed by atoms with Gasteiger partial charge in [0.15, 0.2) is 0 Å². The number of hydrogen-bond donors (Lipinski definition) is 1. The predicted octanol–water partition coefficient (Wildman–Crippen LogP) is 6.14. The summed E-state index contributed by atoms with van der Waals surface area (Å²) in [6.07, 6.45) is 16.7. The van der Waals surface area contributed by atoms with Crippen LogP contribution in [0.15, 0.2) is 101 Å². The highest BCUT2D eigenvalue weighted by molar-refractivity contribution is 5.50. The summed E-state index contributed by atoms with van der Waals surface area (Å²) in [6, 6.07) is 0. The molecule has 0 aliphatic carbocycles. The lowest BCUT2D eigenvalue weighted by Crippen LogP contribution is -2.07. The predicted molar refractivity (Wildman–Crippen MR) is 141 cm³/mol. The molecule has 0 saturated heterocycles. The standard InChI is InChI=1S/C28H42N2O2/c1-10-26(19-30-7)27(17-23(3)28(4,5)6)15-14-24(21-32-9)12-11-13-25(18-29)16-22(2)20-31-8/h10-11,13-17,19,24H,1-3,7,12,18,20-21,29H2,4-6,8-9H3/b13-11-,15-14+,25-16+,26-19+,27-17+. The van der Waals surface area contributed by atoms with Gasteiger partial charge in [-0.15, -0.1) is 0 Å². The summed E-state index contributed by atoms with van der Waals surface area (Å²) in [6.45, 7) is 23.6. The lowest BCUT2D eigenvalue weighted by Gasteiger charge is -2.20. The molecule has 1 atom stereocenters. The lowest BCUT2D eigenvalue weighted by molar-refractivity contribution is 0.171. The van der Waals surface area contributed by atoms with Gasteiger partial charge in [0.1, 0.15) is 0 Å². The second-order valence-electron chi connectivity index (χ2n) is 8.57. The summed E-state index contributed by atoms with van der Waals surface area (Å²) in [5, 5.41) is 0. The van der Waals surface area contributed by atoms with Crippen molar-refractivity contribution in [2.24, 2.45) is 22.1 Å². The molecular weight excluding hydrogens is 396 g/mol. The van der Waals surface area contributed by atoms with Gasteiger partial charge in [0.2, 0.25) is 0 Å². The highest BCUT2D eigenvalue weighted by Gasteiger charge is 2.14. The maximum Gasteiger partial charge on any atom is 0.0707 e. The van der Waals surface area contributed by atoms with Crippen molar-refractivity contribution in [1.29, 1.82) is 0 Å². The van der Waals surface area contributed by atoms with Crippen molar-refractivity contribution >= 4 is 6.72 Å². The van der Waals surface area contributed by atoms with E-state index in [4.69, 9.17) is 15.2 Å². The smallest absolute Gasteiger partial charge is 0.0707 e. The zero-order valence-corrected chi connectivity index (χ0v) is 20.7. The van der Waals surface area contributed by atoms with Crippen LogP contribution in [0.25, 0.3) is 0 Å². The average molecular weight is 439 g/mol. The fourth-order valence-corrected chi connectivity index (χ4v) is 2.69. The van der Waals surface area contributed by atoms with Gasteiger partial charge in [0.25, 0.3) is 0 Å². The van der Waals surface area contributed by atoms with Crippen molar-refractivity contribution in [2.45, 2.75) is 27.2 Å². The van der Waals surface area contributed by atoms with Crippen LogP contribution in [0, 0.1) is 11.3 Å². The van der Waals surface area contributed by atoms with Crippen molar-refractivity contribution in [3.63, 3.8) is 0 Å². The van der Waals surface area contributed by atoms with E-state index in [0.29, 0.717) is 19.8 Å². The van der Waals surface area contributed by atoms with E-state index in [0.717, 1.165) is 34.3 Å². The molecule has 0 aliphatic heterocycles. The van der Waals surface area contributed by atoms with Gasteiger partial charge in [-0.1, -0.05) is 83.0 Å². The Bertz CT molecular complexity index is 787. The number of methoxy groups -OCH3 is 2. The van der Waals surface area contributed by atoms with Gasteiger partial charge in [-0.2, -0.15) is 0 Å². The van der Waals surface area contributed by atoms with E-state index in [1.807, 2.05) is 12.2 Å². The molecule has 0 heterocycles. The minimum Gasteiger partial charge on any atom is -0.384 e. The summed E-state index contributed by atoms with van der Waals surface area (Å²) in [7, 11) is 3.36. The molecule has 4 heteroatoms. The summed E-state index contributed by atoms with van der Waals surface area (Å²) in [5.74, 6) is 0.187. The van der Waals surface area contributed by atoms with Crippen LogP contribution in [-0.4, -0.2) is 40.7 Å². The topological polar surface area (TPSA) is 56.8 Å². The molecule has 2 N–H and O–H groups in total. The maximum atomic E-state index is 5.86. The van der Waals surface area contributed by atoms with Crippen LogP contribution in [0.4, 0.5) is 0 Å². The molecule has 32 heavy (non-hydrogen) atoms. The molecule has 0 aromatic rings. The SMILES string of the molecule is C=CC(=C\N=C)/C(/C=C/C(C/C=C\C(=C/C(=C)COC)CN)COC)=C/C(=C)C(C)(C)C. The van der Waals surface area contributed by atoms with Gasteiger partial charge >= 0.3 is 0 Å². The van der Waals surface area contributed by atoms with Gasteiger partial charge in [-0.25, -0.2) is 0 Å². The van der Waals surface area contributed by atoms with E-state index >= 15 is 0 Å². The number of hydrogen-bond acceptors (Lipinski definition) is 4. The molecule has 176 valence electrons. The zero-order valence-electron chi connectivity index (χ0n) is 20.7. The van der Waals surface area contributed by atoms with Crippen LogP contribution >= 0.6 is 0 Å². The summed E-state index contributed by atoms with van der Waals surface area (Å²) < 4.78 is 10.5. The zero-order chi connectivity index (χ0) is 24.6. The van der Waals surface area contributed by atoms with E-state index < -0.39 is 0 Å². The Morgan fingerprint density at radius 2 is 1.75 bits per heavy atom. The molecular formula is C28H42N2O2. The number of nitrogens with two attached hydrogens (primary N) is 1. The Kier molecular flexibility index (Phi) is 14.9. The fraction of sp³-hybridized carbons (Fsp3) is 0.393. The molecule has 4 nitrogen and oxygen atoms in total. The third-order valence-corrected chi connectivity index (χ3v) is 4.73. The number of allylic oxidation sites excluding steroid dienone is 7. The number of aliphatic imine (C=N–C) groups is 1. The fourth-order valence-electron chi connectivity index (χ4n) is 2.69. The van der Waals surface area contributed by atoms with Gasteiger partial charge in [0.05, 0.1) is 13.2 Å². The highest BCUT2D eigenvalue weighted by Crippen LogP contribution is 2.28. The Morgan fingerprint density at radius 3 is 2.25 bits per heavy atom. The third kappa shape index (κ3) is 12.4. The minimum atomic E-state index is -0.0422. The first kappa shape index (κ1) is 29.5. The minimum absolute atomic E-state index is 0.0422. The average Bonchev–Trinajstić information content (AvgIpc) is 2.73. The second-order valence-corrected chi connectivity index (χ2v) is 8.57. The van der Waals surface area contributed by atoms with Crippen molar-refractivity contribution in [2.75, 3.05) is 34.0 Å². The third-order valence-electron chi connectivity index (χ3n) is 4.73. The van der Waals surface area contributed by atoms with Gasteiger partial charge in [-0.05, 0) is 46.4 Å². The quantitative estimate of drug-likeness (QED) is 0.247. The molecule has 0 aromatic carbocycles. The maximum absolute atomic E-state index is 5.86. The van der Waals surface area contributed by atoms with E-state index in [1.165, 1.54) is 0 Å². The van der Waals surface area contributed by atoms with E-state index in [2.05, 4.69) is 76.5 Å². The Balaban J connectivity index is 5.72. The van der Waals surface area contributed by atoms with Crippen LogP contribution in [0.5, 0.6) is 0 Å². The molecule has 0 aliphatic rings. The van der Waals surface area contributed by atoms with E-state index in [9.17, 15) is 0 Å². The van der Waals surface area contributed by atoms with Crippen molar-refractivity contribution in [1.82, 2.24) is 0 Å². The Labute approximate surface area is 196 Å². The van der Waals surface area contributed by atoms with Crippen LogP contribution in [0.1, 0.15) is 27.2 Å². The molecule has 0 rings (SSSR count). The van der Waals surface area contributed by atoms with E-state index in [-0.39, 0.29) is 11.3 Å². The highest BCUT2D eigenvalue weighted by atomic mass is 16.5. The first-order chi connectivity index (χ1) is 15.1. The van der Waals surface area contributed by atoms with Crippen molar-refractivity contribution in [3.05, 3.63) is 96.3 Å². The van der Waals surface area contributed by atoms with Gasteiger partial charge < -0.3 is 15.2 Å². The summed E-state index contributed by atoms with van der Waals surface area (Å²) in [4.78, 5) is 3.92. The molecule has 0 saturated carbocycles. The largest absolute Gasteiger partial charge is 0.384 e. The van der Waals surface area contributed by atoms with Gasteiger partial charge in [0, 0.05) is 32.9 Å². The lowest BCUT2D eigenvalue weighted by atomic mass is 9.85. The Hall–Kier alpha value is -2.53.